The fourth-order valence-corrected chi connectivity index (χ4v) is 2.94. The topological polar surface area (TPSA) is 50.9 Å². The van der Waals surface area contributed by atoms with Crippen LogP contribution in [0.2, 0.25) is 0 Å². The monoisotopic (exact) mass is 261 g/mol. The van der Waals surface area contributed by atoms with E-state index in [9.17, 15) is 9.50 Å². The minimum Gasteiger partial charge on any atom is -0.383 e. The summed E-state index contributed by atoms with van der Waals surface area (Å²) < 4.78 is 14.8. The summed E-state index contributed by atoms with van der Waals surface area (Å²) >= 11 is 0. The molecule has 2 aromatic rings. The first-order chi connectivity index (χ1) is 9.20. The summed E-state index contributed by atoms with van der Waals surface area (Å²) in [6.45, 7) is 0. The molecule has 19 heavy (non-hydrogen) atoms. The normalized spacial score (nSPS) is 27.4. The Balaban J connectivity index is 2.00. The standard InChI is InChI=1S/C14H16FN3O/c15-12-6-4-11(5-7-12)14(19)8-2-1-3-13(14)18-10-16-9-17-18/h4-7,9-10,13,19H,1-3,8H2/t13-,14-/m1/s1. The first-order valence-corrected chi connectivity index (χ1v) is 6.53. The molecule has 1 aromatic carbocycles. The number of nitrogens with zero attached hydrogens (tertiary/aromatic N) is 3. The smallest absolute Gasteiger partial charge is 0.137 e. The number of hydrogen-bond acceptors (Lipinski definition) is 3. The SMILES string of the molecule is O[C@@]1(c2ccc(F)cc2)CCCC[C@H]1n1cncn1. The summed E-state index contributed by atoms with van der Waals surface area (Å²) in [5.41, 5.74) is -0.256. The summed E-state index contributed by atoms with van der Waals surface area (Å²) in [7, 11) is 0. The third kappa shape index (κ3) is 2.14. The fraction of sp³-hybridized carbons (Fsp3) is 0.429. The molecule has 100 valence electrons. The van der Waals surface area contributed by atoms with Crippen molar-refractivity contribution in [2.75, 3.05) is 0 Å². The Kier molecular flexibility index (Phi) is 3.06. The van der Waals surface area contributed by atoms with Crippen LogP contribution in [0.5, 0.6) is 0 Å². The second kappa shape index (κ2) is 4.74. The molecule has 5 heteroatoms. The zero-order chi connectivity index (χ0) is 13.3. The van der Waals surface area contributed by atoms with Crippen LogP contribution in [0.4, 0.5) is 4.39 Å². The van der Waals surface area contributed by atoms with E-state index in [4.69, 9.17) is 0 Å². The van der Waals surface area contributed by atoms with Crippen molar-refractivity contribution in [3.63, 3.8) is 0 Å². The third-order valence-corrected chi connectivity index (χ3v) is 3.94. The Hall–Kier alpha value is -1.75. The molecule has 1 heterocycles. The van der Waals surface area contributed by atoms with Crippen molar-refractivity contribution in [3.8, 4) is 0 Å². The molecule has 2 atom stereocenters. The van der Waals surface area contributed by atoms with Gasteiger partial charge in [-0.25, -0.2) is 14.1 Å². The van der Waals surface area contributed by atoms with E-state index in [1.807, 2.05) is 0 Å². The van der Waals surface area contributed by atoms with Crippen LogP contribution in [0.3, 0.4) is 0 Å². The van der Waals surface area contributed by atoms with Gasteiger partial charge in [-0.15, -0.1) is 0 Å². The van der Waals surface area contributed by atoms with Crippen LogP contribution in [0, 0.1) is 5.82 Å². The summed E-state index contributed by atoms with van der Waals surface area (Å²) in [6.07, 6.45) is 6.61. The van der Waals surface area contributed by atoms with Gasteiger partial charge in [-0.1, -0.05) is 25.0 Å². The van der Waals surface area contributed by atoms with Gasteiger partial charge in [0.15, 0.2) is 0 Å². The highest BCUT2D eigenvalue weighted by Crippen LogP contribution is 2.44. The van der Waals surface area contributed by atoms with Gasteiger partial charge in [0, 0.05) is 0 Å². The lowest BCUT2D eigenvalue weighted by molar-refractivity contribution is -0.0517. The molecule has 0 spiro atoms. The van der Waals surface area contributed by atoms with Crippen LogP contribution in [-0.2, 0) is 5.60 Å². The van der Waals surface area contributed by atoms with Gasteiger partial charge in [0.25, 0.3) is 0 Å². The molecule has 1 fully saturated rings. The Morgan fingerprint density at radius 1 is 1.26 bits per heavy atom. The van der Waals surface area contributed by atoms with E-state index in [1.54, 1.807) is 23.1 Å². The molecule has 3 rings (SSSR count). The molecule has 4 nitrogen and oxygen atoms in total. The van der Waals surface area contributed by atoms with Crippen LogP contribution in [0.15, 0.2) is 36.9 Å². The zero-order valence-corrected chi connectivity index (χ0v) is 10.5. The van der Waals surface area contributed by atoms with E-state index < -0.39 is 5.60 Å². The lowest BCUT2D eigenvalue weighted by Crippen LogP contribution is -2.39. The van der Waals surface area contributed by atoms with Crippen LogP contribution >= 0.6 is 0 Å². The molecular weight excluding hydrogens is 245 g/mol. The summed E-state index contributed by atoms with van der Waals surface area (Å²) in [5, 5.41) is 15.2. The molecule has 1 aliphatic rings. The molecular formula is C14H16FN3O. The maximum Gasteiger partial charge on any atom is 0.137 e. The highest BCUT2D eigenvalue weighted by molar-refractivity contribution is 5.25. The average molecular weight is 261 g/mol. The van der Waals surface area contributed by atoms with Gasteiger partial charge in [-0.2, -0.15) is 5.10 Å². The van der Waals surface area contributed by atoms with Gasteiger partial charge in [0.2, 0.25) is 0 Å². The van der Waals surface area contributed by atoms with Crippen molar-refractivity contribution in [3.05, 3.63) is 48.3 Å². The van der Waals surface area contributed by atoms with Crippen molar-refractivity contribution in [2.45, 2.75) is 37.3 Å². The molecule has 0 radical (unpaired) electrons. The van der Waals surface area contributed by atoms with Gasteiger partial charge in [0.1, 0.15) is 24.1 Å². The molecule has 0 amide bonds. The van der Waals surface area contributed by atoms with Crippen molar-refractivity contribution in [1.29, 1.82) is 0 Å². The van der Waals surface area contributed by atoms with Gasteiger partial charge >= 0.3 is 0 Å². The van der Waals surface area contributed by atoms with Gasteiger partial charge in [-0.05, 0) is 30.5 Å². The molecule has 0 aliphatic heterocycles. The third-order valence-electron chi connectivity index (χ3n) is 3.94. The average Bonchev–Trinajstić information content (AvgIpc) is 2.93. The van der Waals surface area contributed by atoms with Crippen molar-refractivity contribution >= 4 is 0 Å². The van der Waals surface area contributed by atoms with Crippen LogP contribution in [0.25, 0.3) is 0 Å². The van der Waals surface area contributed by atoms with Crippen molar-refractivity contribution < 1.29 is 9.50 Å². The Bertz CT molecular complexity index is 540. The predicted octanol–water partition coefficient (Wildman–Crippen LogP) is 2.42. The van der Waals surface area contributed by atoms with E-state index in [0.717, 1.165) is 24.8 Å². The fourth-order valence-electron chi connectivity index (χ4n) is 2.94. The van der Waals surface area contributed by atoms with Crippen LogP contribution in [-0.4, -0.2) is 19.9 Å². The van der Waals surface area contributed by atoms with Crippen LogP contribution in [0.1, 0.15) is 37.3 Å². The molecule has 1 N–H and O–H groups in total. The highest BCUT2D eigenvalue weighted by Gasteiger charge is 2.42. The van der Waals surface area contributed by atoms with Gasteiger partial charge < -0.3 is 5.11 Å². The Labute approximate surface area is 110 Å². The number of hydrogen-bond donors (Lipinski definition) is 1. The molecule has 1 aliphatic carbocycles. The maximum absolute atomic E-state index is 13.0. The maximum atomic E-state index is 13.0. The second-order valence-electron chi connectivity index (χ2n) is 5.07. The molecule has 0 saturated heterocycles. The van der Waals surface area contributed by atoms with E-state index >= 15 is 0 Å². The zero-order valence-electron chi connectivity index (χ0n) is 10.5. The summed E-state index contributed by atoms with van der Waals surface area (Å²) in [6, 6.07) is 5.95. The van der Waals surface area contributed by atoms with Crippen LogP contribution < -0.4 is 0 Å². The number of benzene rings is 1. The molecule has 1 aromatic heterocycles. The Morgan fingerprint density at radius 2 is 2.05 bits per heavy atom. The van der Waals surface area contributed by atoms with Crippen molar-refractivity contribution in [1.82, 2.24) is 14.8 Å². The molecule has 1 saturated carbocycles. The van der Waals surface area contributed by atoms with Gasteiger partial charge in [0.05, 0.1) is 6.04 Å². The molecule has 0 unspecified atom stereocenters. The second-order valence-corrected chi connectivity index (χ2v) is 5.07. The largest absolute Gasteiger partial charge is 0.383 e. The Morgan fingerprint density at radius 3 is 2.74 bits per heavy atom. The van der Waals surface area contributed by atoms with E-state index in [-0.39, 0.29) is 11.9 Å². The lowest BCUT2D eigenvalue weighted by Gasteiger charge is -2.40. The summed E-state index contributed by atoms with van der Waals surface area (Å²) in [5.74, 6) is -0.291. The highest BCUT2D eigenvalue weighted by atomic mass is 19.1. The van der Waals surface area contributed by atoms with Gasteiger partial charge in [-0.3, -0.25) is 0 Å². The predicted molar refractivity (Wildman–Crippen MR) is 67.8 cm³/mol. The van der Waals surface area contributed by atoms with E-state index in [2.05, 4.69) is 10.1 Å². The quantitative estimate of drug-likeness (QED) is 0.903. The number of aliphatic hydroxyl groups is 1. The van der Waals surface area contributed by atoms with E-state index in [0.29, 0.717) is 6.42 Å². The lowest BCUT2D eigenvalue weighted by atomic mass is 9.76. The van der Waals surface area contributed by atoms with E-state index in [1.165, 1.54) is 18.5 Å². The minimum atomic E-state index is -1.00. The molecule has 0 bridgehead atoms. The first-order valence-electron chi connectivity index (χ1n) is 6.53. The number of rotatable bonds is 2. The minimum absolute atomic E-state index is 0.144. The number of halogens is 1. The first kappa shape index (κ1) is 12.3. The number of aromatic nitrogens is 3. The van der Waals surface area contributed by atoms with Crippen molar-refractivity contribution in [2.24, 2.45) is 0 Å². The summed E-state index contributed by atoms with van der Waals surface area (Å²) in [4.78, 5) is 3.95.